The number of rotatable bonds is 5. The smallest absolute Gasteiger partial charge is 0.407 e. The minimum absolute atomic E-state index is 0.0362. The standard InChI is InChI=1S/C19H25N3O5/c1-2-26-19(25)20-10-17(23)21-15-7-8-22(11-15)18(24)16-9-13-5-3-4-6-14(13)12-27-16/h3-6,15-16H,2,7-12H2,1H3,(H,20,25)(H,21,23). The van der Waals surface area contributed by atoms with Gasteiger partial charge in [0.25, 0.3) is 5.91 Å². The summed E-state index contributed by atoms with van der Waals surface area (Å²) in [6.07, 6.45) is 0.164. The summed E-state index contributed by atoms with van der Waals surface area (Å²) in [6, 6.07) is 7.86. The molecule has 2 N–H and O–H groups in total. The van der Waals surface area contributed by atoms with Crippen molar-refractivity contribution in [2.24, 2.45) is 0 Å². The molecule has 1 aromatic carbocycles. The molecule has 3 amide bonds. The van der Waals surface area contributed by atoms with Crippen LogP contribution in [0.25, 0.3) is 0 Å². The van der Waals surface area contributed by atoms with Gasteiger partial charge in [0, 0.05) is 25.6 Å². The monoisotopic (exact) mass is 375 g/mol. The zero-order valence-electron chi connectivity index (χ0n) is 15.4. The van der Waals surface area contributed by atoms with Gasteiger partial charge in [-0.05, 0) is 24.5 Å². The molecule has 1 fully saturated rings. The molecule has 2 aliphatic rings. The van der Waals surface area contributed by atoms with Crippen LogP contribution in [0.1, 0.15) is 24.5 Å². The molecule has 2 heterocycles. The summed E-state index contributed by atoms with van der Waals surface area (Å²) in [5.74, 6) is -0.337. The van der Waals surface area contributed by atoms with Crippen molar-refractivity contribution in [3.05, 3.63) is 35.4 Å². The first-order chi connectivity index (χ1) is 13.1. The molecule has 0 bridgehead atoms. The van der Waals surface area contributed by atoms with Gasteiger partial charge in [-0.2, -0.15) is 0 Å². The largest absolute Gasteiger partial charge is 0.450 e. The van der Waals surface area contributed by atoms with Gasteiger partial charge in [0.1, 0.15) is 12.6 Å². The van der Waals surface area contributed by atoms with Crippen LogP contribution in [0.5, 0.6) is 0 Å². The maximum absolute atomic E-state index is 12.7. The summed E-state index contributed by atoms with van der Waals surface area (Å²) >= 11 is 0. The molecule has 3 rings (SSSR count). The lowest BCUT2D eigenvalue weighted by atomic mass is 9.98. The second kappa shape index (κ2) is 8.85. The van der Waals surface area contributed by atoms with Gasteiger partial charge in [0.05, 0.1) is 13.2 Å². The second-order valence-electron chi connectivity index (χ2n) is 6.68. The van der Waals surface area contributed by atoms with Gasteiger partial charge in [-0.25, -0.2) is 4.79 Å². The Morgan fingerprint density at radius 1 is 1.26 bits per heavy atom. The number of amides is 3. The van der Waals surface area contributed by atoms with Crippen molar-refractivity contribution in [2.45, 2.75) is 38.5 Å². The molecule has 0 spiro atoms. The maximum atomic E-state index is 12.7. The van der Waals surface area contributed by atoms with Crippen LogP contribution in [0.2, 0.25) is 0 Å². The third kappa shape index (κ3) is 4.97. The van der Waals surface area contributed by atoms with Crippen LogP contribution in [0.3, 0.4) is 0 Å². The minimum atomic E-state index is -0.620. The van der Waals surface area contributed by atoms with Gasteiger partial charge >= 0.3 is 6.09 Å². The fraction of sp³-hybridized carbons (Fsp3) is 0.526. The van der Waals surface area contributed by atoms with Crippen LogP contribution >= 0.6 is 0 Å². The Balaban J connectivity index is 1.44. The number of nitrogens with zero attached hydrogens (tertiary/aromatic N) is 1. The van der Waals surface area contributed by atoms with Crippen LogP contribution in [0, 0.1) is 0 Å². The van der Waals surface area contributed by atoms with Crippen molar-refractivity contribution in [3.63, 3.8) is 0 Å². The normalized spacial score (nSPS) is 21.3. The van der Waals surface area contributed by atoms with Crippen molar-refractivity contribution in [2.75, 3.05) is 26.2 Å². The Morgan fingerprint density at radius 2 is 2.04 bits per heavy atom. The van der Waals surface area contributed by atoms with E-state index in [9.17, 15) is 14.4 Å². The first-order valence-electron chi connectivity index (χ1n) is 9.24. The maximum Gasteiger partial charge on any atom is 0.407 e. The predicted octanol–water partition coefficient (Wildman–Crippen LogP) is 0.591. The minimum Gasteiger partial charge on any atom is -0.450 e. The lowest BCUT2D eigenvalue weighted by molar-refractivity contribution is -0.144. The van der Waals surface area contributed by atoms with Gasteiger partial charge in [-0.15, -0.1) is 0 Å². The SMILES string of the molecule is CCOC(=O)NCC(=O)NC1CCN(C(=O)C2Cc3ccccc3CO2)C1. The third-order valence-electron chi connectivity index (χ3n) is 4.77. The number of hydrogen-bond acceptors (Lipinski definition) is 5. The van der Waals surface area contributed by atoms with Crippen molar-refractivity contribution in [1.29, 1.82) is 0 Å². The van der Waals surface area contributed by atoms with Gasteiger partial charge in [-0.1, -0.05) is 24.3 Å². The summed E-state index contributed by atoms with van der Waals surface area (Å²) in [4.78, 5) is 37.6. The molecule has 1 saturated heterocycles. The highest BCUT2D eigenvalue weighted by Crippen LogP contribution is 2.22. The number of likely N-dealkylation sites (tertiary alicyclic amines) is 1. The van der Waals surface area contributed by atoms with Crippen molar-refractivity contribution >= 4 is 17.9 Å². The topological polar surface area (TPSA) is 97.0 Å². The van der Waals surface area contributed by atoms with Gasteiger partial charge in [-0.3, -0.25) is 9.59 Å². The van der Waals surface area contributed by atoms with E-state index in [0.717, 1.165) is 11.1 Å². The first kappa shape index (κ1) is 19.2. The van der Waals surface area contributed by atoms with Crippen LogP contribution < -0.4 is 10.6 Å². The number of alkyl carbamates (subject to hydrolysis) is 1. The molecule has 2 aliphatic heterocycles. The van der Waals surface area contributed by atoms with Gasteiger partial charge in [0.15, 0.2) is 0 Å². The van der Waals surface area contributed by atoms with E-state index in [1.54, 1.807) is 11.8 Å². The Kier molecular flexibility index (Phi) is 6.28. The highest BCUT2D eigenvalue weighted by atomic mass is 16.5. The zero-order chi connectivity index (χ0) is 19.2. The van der Waals surface area contributed by atoms with Crippen molar-refractivity contribution in [3.8, 4) is 0 Å². The van der Waals surface area contributed by atoms with E-state index in [1.807, 2.05) is 24.3 Å². The van der Waals surface area contributed by atoms with Crippen molar-refractivity contribution < 1.29 is 23.9 Å². The summed E-state index contributed by atoms with van der Waals surface area (Å²) in [6.45, 7) is 3.27. The molecule has 2 atom stereocenters. The predicted molar refractivity (Wildman–Crippen MR) is 96.9 cm³/mol. The number of carbonyl (C=O) groups is 3. The molecule has 0 saturated carbocycles. The average molecular weight is 375 g/mol. The van der Waals surface area contributed by atoms with E-state index < -0.39 is 12.2 Å². The van der Waals surface area contributed by atoms with Gasteiger partial charge < -0.3 is 25.0 Å². The Morgan fingerprint density at radius 3 is 2.81 bits per heavy atom. The lowest BCUT2D eigenvalue weighted by Gasteiger charge is -2.28. The van der Waals surface area contributed by atoms with Crippen molar-refractivity contribution in [1.82, 2.24) is 15.5 Å². The Bertz CT molecular complexity index is 708. The lowest BCUT2D eigenvalue weighted by Crippen LogP contribution is -2.45. The molecule has 1 aromatic rings. The molecular weight excluding hydrogens is 350 g/mol. The van der Waals surface area contributed by atoms with E-state index in [1.165, 1.54) is 0 Å². The van der Waals surface area contributed by atoms with Crippen LogP contribution in [-0.2, 0) is 32.1 Å². The highest BCUT2D eigenvalue weighted by molar-refractivity contribution is 5.83. The summed E-state index contributed by atoms with van der Waals surface area (Å²) in [5, 5.41) is 5.21. The molecule has 146 valence electrons. The molecule has 0 aliphatic carbocycles. The molecule has 8 heteroatoms. The van der Waals surface area contributed by atoms with Gasteiger partial charge in [0.2, 0.25) is 5.91 Å². The Hall–Kier alpha value is -2.61. The first-order valence-corrected chi connectivity index (χ1v) is 9.24. The van der Waals surface area contributed by atoms with Crippen LogP contribution in [0.4, 0.5) is 4.79 Å². The van der Waals surface area contributed by atoms with E-state index in [0.29, 0.717) is 32.5 Å². The molecule has 0 aromatic heterocycles. The summed E-state index contributed by atoms with van der Waals surface area (Å²) < 4.78 is 10.4. The number of carbonyl (C=O) groups excluding carboxylic acids is 3. The fourth-order valence-electron chi connectivity index (χ4n) is 3.40. The zero-order valence-corrected chi connectivity index (χ0v) is 15.4. The summed E-state index contributed by atoms with van der Waals surface area (Å²) in [7, 11) is 0. The number of hydrogen-bond donors (Lipinski definition) is 2. The number of ether oxygens (including phenoxy) is 2. The van der Waals surface area contributed by atoms with E-state index in [4.69, 9.17) is 9.47 Å². The summed E-state index contributed by atoms with van der Waals surface area (Å²) in [5.41, 5.74) is 2.28. The molecular formula is C19H25N3O5. The molecule has 8 nitrogen and oxygen atoms in total. The molecule has 0 radical (unpaired) electrons. The average Bonchev–Trinajstić information content (AvgIpc) is 3.14. The molecule has 2 unspecified atom stereocenters. The molecule has 27 heavy (non-hydrogen) atoms. The second-order valence-corrected chi connectivity index (χ2v) is 6.68. The third-order valence-corrected chi connectivity index (χ3v) is 4.77. The number of nitrogens with one attached hydrogen (secondary N) is 2. The number of benzene rings is 1. The van der Waals surface area contributed by atoms with E-state index >= 15 is 0 Å². The van der Waals surface area contributed by atoms with E-state index in [2.05, 4.69) is 10.6 Å². The highest BCUT2D eigenvalue weighted by Gasteiger charge is 2.34. The quantitative estimate of drug-likeness (QED) is 0.785. The fourth-order valence-corrected chi connectivity index (χ4v) is 3.40. The van der Waals surface area contributed by atoms with E-state index in [-0.39, 0.29) is 31.0 Å². The Labute approximate surface area is 158 Å². The number of fused-ring (bicyclic) bond motifs is 1. The van der Waals surface area contributed by atoms with Crippen LogP contribution in [0.15, 0.2) is 24.3 Å². The van der Waals surface area contributed by atoms with Crippen LogP contribution in [-0.4, -0.2) is 61.2 Å².